The number of rotatable bonds is 3. The van der Waals surface area contributed by atoms with E-state index in [1.807, 2.05) is 0 Å². The number of amides is 1. The molecule has 1 rings (SSSR count). The van der Waals surface area contributed by atoms with Gasteiger partial charge in [-0.15, -0.1) is 0 Å². The third-order valence-electron chi connectivity index (χ3n) is 1.84. The van der Waals surface area contributed by atoms with E-state index in [4.69, 9.17) is 34.0 Å². The van der Waals surface area contributed by atoms with Crippen molar-refractivity contribution in [2.24, 2.45) is 5.73 Å². The Morgan fingerprint density at radius 2 is 2.20 bits per heavy atom. The Kier molecular flexibility index (Phi) is 3.36. The third kappa shape index (κ3) is 2.94. The molecule has 0 aromatic carbocycles. The topological polar surface area (TPSA) is 68.3 Å². The maximum atomic E-state index is 11.6. The van der Waals surface area contributed by atoms with Crippen LogP contribution >= 0.6 is 23.8 Å². The Balaban J connectivity index is 2.76. The number of hydrogen-bond donors (Lipinski definition) is 2. The van der Waals surface area contributed by atoms with E-state index in [1.165, 1.54) is 12.1 Å². The van der Waals surface area contributed by atoms with Crippen LogP contribution < -0.4 is 11.1 Å². The summed E-state index contributed by atoms with van der Waals surface area (Å²) in [6.07, 6.45) is 0. The summed E-state index contributed by atoms with van der Waals surface area (Å²) in [5, 5.41) is 2.79. The van der Waals surface area contributed by atoms with Gasteiger partial charge in [0.25, 0.3) is 5.91 Å². The summed E-state index contributed by atoms with van der Waals surface area (Å²) in [7, 11) is 0. The lowest BCUT2D eigenvalue weighted by Gasteiger charge is -2.23. The summed E-state index contributed by atoms with van der Waals surface area (Å²) >= 11 is 10.4. The summed E-state index contributed by atoms with van der Waals surface area (Å²) in [6, 6.07) is 2.97. The van der Waals surface area contributed by atoms with E-state index < -0.39 is 11.4 Å². The second kappa shape index (κ2) is 4.20. The van der Waals surface area contributed by atoms with E-state index in [1.54, 1.807) is 13.8 Å². The standard InChI is InChI=1S/C9H11ClN2O2S/c1-9(2,8(11)15)12-7(13)5-3-4-6(10)14-5/h3-4H,1-2H3,(H2,11,15)(H,12,13). The Bertz CT molecular complexity index is 401. The molecule has 0 spiro atoms. The van der Waals surface area contributed by atoms with Gasteiger partial charge in [-0.1, -0.05) is 12.2 Å². The number of carbonyl (C=O) groups is 1. The minimum Gasteiger partial charge on any atom is -0.440 e. The molecule has 0 aliphatic carbocycles. The van der Waals surface area contributed by atoms with Gasteiger partial charge in [-0.3, -0.25) is 4.79 Å². The van der Waals surface area contributed by atoms with Gasteiger partial charge in [-0.2, -0.15) is 0 Å². The number of carbonyl (C=O) groups excluding carboxylic acids is 1. The Morgan fingerprint density at radius 3 is 2.60 bits per heavy atom. The Hall–Kier alpha value is -1.07. The van der Waals surface area contributed by atoms with E-state index in [9.17, 15) is 4.79 Å². The molecule has 0 aliphatic rings. The van der Waals surface area contributed by atoms with Gasteiger partial charge in [0.1, 0.15) is 0 Å². The second-order valence-electron chi connectivity index (χ2n) is 3.55. The molecule has 0 unspecified atom stereocenters. The number of nitrogens with two attached hydrogens (primary N) is 1. The molecule has 1 aromatic heterocycles. The van der Waals surface area contributed by atoms with Crippen LogP contribution in [0, 0.1) is 0 Å². The van der Waals surface area contributed by atoms with Crippen LogP contribution in [0.4, 0.5) is 0 Å². The fraction of sp³-hybridized carbons (Fsp3) is 0.333. The zero-order valence-corrected chi connectivity index (χ0v) is 9.91. The molecule has 82 valence electrons. The average Bonchev–Trinajstić information content (AvgIpc) is 2.50. The minimum atomic E-state index is -0.758. The third-order valence-corrected chi connectivity index (χ3v) is 2.55. The van der Waals surface area contributed by atoms with Crippen molar-refractivity contribution < 1.29 is 9.21 Å². The predicted octanol–water partition coefficient (Wildman–Crippen LogP) is 1.73. The number of nitrogens with one attached hydrogen (secondary N) is 1. The highest BCUT2D eigenvalue weighted by molar-refractivity contribution is 7.80. The Labute approximate surface area is 97.8 Å². The number of halogens is 1. The largest absolute Gasteiger partial charge is 0.440 e. The highest BCUT2D eigenvalue weighted by Gasteiger charge is 2.25. The van der Waals surface area contributed by atoms with E-state index in [-0.39, 0.29) is 16.0 Å². The molecule has 15 heavy (non-hydrogen) atoms. The molecule has 4 nitrogen and oxygen atoms in total. The lowest BCUT2D eigenvalue weighted by atomic mass is 10.1. The summed E-state index contributed by atoms with van der Waals surface area (Å²) < 4.78 is 4.94. The SMILES string of the molecule is CC(C)(NC(=O)c1ccc(Cl)o1)C(N)=S. The van der Waals surface area contributed by atoms with Gasteiger partial charge in [-0.05, 0) is 37.6 Å². The van der Waals surface area contributed by atoms with Crippen molar-refractivity contribution in [3.05, 3.63) is 23.1 Å². The van der Waals surface area contributed by atoms with Crippen molar-refractivity contribution >= 4 is 34.7 Å². The fourth-order valence-corrected chi connectivity index (χ4v) is 1.04. The van der Waals surface area contributed by atoms with Crippen LogP contribution in [0.15, 0.2) is 16.5 Å². The smallest absolute Gasteiger partial charge is 0.287 e. The molecular weight excluding hydrogens is 236 g/mol. The van der Waals surface area contributed by atoms with E-state index in [0.29, 0.717) is 0 Å². The van der Waals surface area contributed by atoms with E-state index in [2.05, 4.69) is 5.32 Å². The van der Waals surface area contributed by atoms with Crippen LogP contribution in [0.2, 0.25) is 5.22 Å². The molecule has 0 saturated carbocycles. The molecular formula is C9H11ClN2O2S. The van der Waals surface area contributed by atoms with Gasteiger partial charge in [0.15, 0.2) is 11.0 Å². The summed E-state index contributed by atoms with van der Waals surface area (Å²) in [5.74, 6) is -0.274. The first-order chi connectivity index (χ1) is 6.83. The molecule has 1 aromatic rings. The zero-order valence-electron chi connectivity index (χ0n) is 8.33. The van der Waals surface area contributed by atoms with E-state index in [0.717, 1.165) is 0 Å². The predicted molar refractivity (Wildman–Crippen MR) is 62.0 cm³/mol. The van der Waals surface area contributed by atoms with Crippen LogP contribution in [0.3, 0.4) is 0 Å². The molecule has 0 fully saturated rings. The molecule has 0 radical (unpaired) electrons. The summed E-state index contributed by atoms with van der Waals surface area (Å²) in [6.45, 7) is 3.41. The highest BCUT2D eigenvalue weighted by Crippen LogP contribution is 2.14. The lowest BCUT2D eigenvalue weighted by molar-refractivity contribution is 0.0904. The minimum absolute atomic E-state index is 0.129. The molecule has 1 amide bonds. The average molecular weight is 247 g/mol. The van der Waals surface area contributed by atoms with Crippen LogP contribution in [0.25, 0.3) is 0 Å². The molecule has 0 bridgehead atoms. The van der Waals surface area contributed by atoms with Crippen molar-refractivity contribution in [1.82, 2.24) is 5.32 Å². The van der Waals surface area contributed by atoms with Gasteiger partial charge in [0, 0.05) is 0 Å². The molecule has 1 heterocycles. The van der Waals surface area contributed by atoms with Gasteiger partial charge in [0.2, 0.25) is 0 Å². The number of hydrogen-bond acceptors (Lipinski definition) is 3. The number of thiocarbonyl (C=S) groups is 1. The molecule has 0 saturated heterocycles. The van der Waals surface area contributed by atoms with Gasteiger partial charge in [0.05, 0.1) is 10.5 Å². The summed E-state index contributed by atoms with van der Waals surface area (Å²) in [5.41, 5.74) is 4.70. The fourth-order valence-electron chi connectivity index (χ4n) is 0.843. The number of furan rings is 1. The van der Waals surface area contributed by atoms with E-state index >= 15 is 0 Å². The highest BCUT2D eigenvalue weighted by atomic mass is 35.5. The van der Waals surface area contributed by atoms with Crippen LogP contribution in [0.5, 0.6) is 0 Å². The maximum absolute atomic E-state index is 11.6. The zero-order chi connectivity index (χ0) is 11.6. The molecule has 6 heteroatoms. The second-order valence-corrected chi connectivity index (χ2v) is 4.36. The van der Waals surface area contributed by atoms with Crippen molar-refractivity contribution in [3.63, 3.8) is 0 Å². The van der Waals surface area contributed by atoms with Crippen molar-refractivity contribution in [3.8, 4) is 0 Å². The van der Waals surface area contributed by atoms with Crippen molar-refractivity contribution in [1.29, 1.82) is 0 Å². The van der Waals surface area contributed by atoms with Crippen molar-refractivity contribution in [2.45, 2.75) is 19.4 Å². The van der Waals surface area contributed by atoms with Crippen molar-refractivity contribution in [2.75, 3.05) is 0 Å². The summed E-state index contributed by atoms with van der Waals surface area (Å²) in [4.78, 5) is 11.8. The molecule has 0 aliphatic heterocycles. The van der Waals surface area contributed by atoms with Crippen LogP contribution in [-0.2, 0) is 0 Å². The lowest BCUT2D eigenvalue weighted by Crippen LogP contribution is -2.52. The van der Waals surface area contributed by atoms with Crippen LogP contribution in [0.1, 0.15) is 24.4 Å². The first-order valence-electron chi connectivity index (χ1n) is 4.20. The molecule has 0 atom stereocenters. The van der Waals surface area contributed by atoms with Gasteiger partial charge >= 0.3 is 0 Å². The molecule has 3 N–H and O–H groups in total. The Morgan fingerprint density at radius 1 is 1.60 bits per heavy atom. The maximum Gasteiger partial charge on any atom is 0.287 e. The van der Waals surface area contributed by atoms with Gasteiger partial charge in [-0.25, -0.2) is 0 Å². The normalized spacial score (nSPS) is 11.1. The van der Waals surface area contributed by atoms with Gasteiger partial charge < -0.3 is 15.5 Å². The monoisotopic (exact) mass is 246 g/mol. The first kappa shape index (κ1) is 12.0. The quantitative estimate of drug-likeness (QED) is 0.797. The van der Waals surface area contributed by atoms with Crippen LogP contribution in [-0.4, -0.2) is 16.4 Å². The first-order valence-corrected chi connectivity index (χ1v) is 4.99.